The number of thiocarbonyl (C=S) groups is 1. The number of amides is 1. The lowest BCUT2D eigenvalue weighted by atomic mass is 10.3. The van der Waals surface area contributed by atoms with E-state index in [9.17, 15) is 14.9 Å². The molecule has 0 atom stereocenters. The van der Waals surface area contributed by atoms with E-state index in [1.807, 2.05) is 13.1 Å². The number of nitro benzene ring substituents is 1. The molecule has 1 N–H and O–H groups in total. The summed E-state index contributed by atoms with van der Waals surface area (Å²) in [6, 6.07) is 7.46. The maximum atomic E-state index is 12.8. The van der Waals surface area contributed by atoms with Crippen molar-refractivity contribution in [3.63, 3.8) is 0 Å². The van der Waals surface area contributed by atoms with Crippen LogP contribution in [0.25, 0.3) is 6.08 Å². The summed E-state index contributed by atoms with van der Waals surface area (Å²) in [6.45, 7) is 2.97. The summed E-state index contributed by atoms with van der Waals surface area (Å²) >= 11 is 11.1. The van der Waals surface area contributed by atoms with Crippen LogP contribution in [0, 0.1) is 10.1 Å². The minimum Gasteiger partial charge on any atom is -0.479 e. The number of nitro groups is 1. The van der Waals surface area contributed by atoms with Gasteiger partial charge in [-0.2, -0.15) is 5.10 Å². The predicted octanol–water partition coefficient (Wildman–Crippen LogP) is 3.89. The number of hydrogen-bond donors (Lipinski definition) is 1. The second kappa shape index (κ2) is 9.43. The van der Waals surface area contributed by atoms with Crippen LogP contribution in [0.1, 0.15) is 24.0 Å². The van der Waals surface area contributed by atoms with E-state index in [1.165, 1.54) is 23.1 Å². The zero-order chi connectivity index (χ0) is 23.5. The number of aromatic nitrogens is 2. The maximum Gasteiger partial charge on any atom is 0.312 e. The lowest BCUT2D eigenvalue weighted by Gasteiger charge is -2.12. The number of benzene rings is 1. The third kappa shape index (κ3) is 5.04. The Morgan fingerprint density at radius 2 is 2.18 bits per heavy atom. The third-order valence-corrected chi connectivity index (χ3v) is 5.33. The highest BCUT2D eigenvalue weighted by molar-refractivity contribution is 7.80. The van der Waals surface area contributed by atoms with E-state index in [4.69, 9.17) is 33.0 Å². The van der Waals surface area contributed by atoms with Crippen LogP contribution in [-0.4, -0.2) is 30.6 Å². The van der Waals surface area contributed by atoms with E-state index in [0.717, 1.165) is 12.1 Å². The number of nitrogens with zero attached hydrogens (tertiary/aromatic N) is 4. The summed E-state index contributed by atoms with van der Waals surface area (Å²) in [6.07, 6.45) is 5.10. The number of hydrogen-bond acceptors (Lipinski definition) is 7. The fraction of sp³-hybridized carbons (Fsp3) is 0.190. The molecule has 0 bridgehead atoms. The molecule has 0 saturated carbocycles. The van der Waals surface area contributed by atoms with Gasteiger partial charge in [0.05, 0.1) is 17.7 Å². The number of ether oxygens (including phenoxy) is 1. The largest absolute Gasteiger partial charge is 0.479 e. The molecule has 1 amide bonds. The van der Waals surface area contributed by atoms with E-state index < -0.39 is 4.92 Å². The molecule has 2 aromatic heterocycles. The van der Waals surface area contributed by atoms with Gasteiger partial charge in [-0.25, -0.2) is 0 Å². The molecule has 1 aliphatic rings. The van der Waals surface area contributed by atoms with Crippen LogP contribution in [-0.2, 0) is 24.5 Å². The minimum atomic E-state index is -0.571. The molecule has 0 radical (unpaired) electrons. The van der Waals surface area contributed by atoms with Crippen molar-refractivity contribution in [3.8, 4) is 5.75 Å². The number of halogens is 1. The molecule has 1 aliphatic heterocycles. The van der Waals surface area contributed by atoms with E-state index in [0.29, 0.717) is 23.2 Å². The lowest BCUT2D eigenvalue weighted by Crippen LogP contribution is -2.29. The molecule has 0 aliphatic carbocycles. The maximum absolute atomic E-state index is 12.8. The molecular formula is C21H18ClN5O5S. The van der Waals surface area contributed by atoms with E-state index in [-0.39, 0.29) is 34.7 Å². The Bertz CT molecular complexity index is 1270. The average molecular weight is 488 g/mol. The van der Waals surface area contributed by atoms with Crippen molar-refractivity contribution in [1.82, 2.24) is 20.0 Å². The predicted molar refractivity (Wildman–Crippen MR) is 123 cm³/mol. The standard InChI is InChI=1S/C21H18ClN5O5S/c1-2-25-10-13(9-23-25)11-26-20(28)17(24-21(26)33)8-15-4-5-16(32-15)12-31-19-6-3-14(22)7-18(19)27(29)30/h3-10H,2,11-12H2,1H3,(H,24,33)/b17-8+. The molecule has 1 fully saturated rings. The molecule has 1 aromatic carbocycles. The molecule has 3 aromatic rings. The van der Waals surface area contributed by atoms with Crippen LogP contribution >= 0.6 is 23.8 Å². The monoisotopic (exact) mass is 487 g/mol. The highest BCUT2D eigenvalue weighted by Gasteiger charge is 2.31. The first-order valence-electron chi connectivity index (χ1n) is 9.85. The number of carbonyl (C=O) groups is 1. The van der Waals surface area contributed by atoms with Crippen LogP contribution < -0.4 is 10.1 Å². The Kier molecular flexibility index (Phi) is 6.43. The third-order valence-electron chi connectivity index (χ3n) is 4.77. The summed E-state index contributed by atoms with van der Waals surface area (Å²) in [4.78, 5) is 24.8. The van der Waals surface area contributed by atoms with Gasteiger partial charge in [-0.15, -0.1) is 0 Å². The van der Waals surface area contributed by atoms with Crippen molar-refractivity contribution >= 4 is 46.6 Å². The smallest absolute Gasteiger partial charge is 0.312 e. The second-order valence-corrected chi connectivity index (χ2v) is 7.87. The quantitative estimate of drug-likeness (QED) is 0.220. The van der Waals surface area contributed by atoms with Gasteiger partial charge in [0.15, 0.2) is 10.9 Å². The first-order valence-corrected chi connectivity index (χ1v) is 10.6. The molecule has 0 spiro atoms. The number of rotatable bonds is 8. The van der Waals surface area contributed by atoms with Crippen LogP contribution in [0.2, 0.25) is 5.02 Å². The zero-order valence-electron chi connectivity index (χ0n) is 17.4. The van der Waals surface area contributed by atoms with Crippen LogP contribution in [0.15, 0.2) is 52.8 Å². The summed E-state index contributed by atoms with van der Waals surface area (Å²) in [5.41, 5.74) is 0.901. The highest BCUT2D eigenvalue weighted by atomic mass is 35.5. The highest BCUT2D eigenvalue weighted by Crippen LogP contribution is 2.30. The van der Waals surface area contributed by atoms with Crippen molar-refractivity contribution in [3.05, 3.63) is 80.6 Å². The first kappa shape index (κ1) is 22.5. The van der Waals surface area contributed by atoms with Gasteiger partial charge >= 0.3 is 5.69 Å². The van der Waals surface area contributed by atoms with Gasteiger partial charge in [0.25, 0.3) is 5.91 Å². The number of furan rings is 1. The van der Waals surface area contributed by atoms with Gasteiger partial charge in [-0.3, -0.25) is 24.5 Å². The minimum absolute atomic E-state index is 0.0427. The first-order chi connectivity index (χ1) is 15.8. The van der Waals surface area contributed by atoms with Gasteiger partial charge < -0.3 is 14.5 Å². The molecule has 0 unspecified atom stereocenters. The molecule has 3 heterocycles. The van der Waals surface area contributed by atoms with Gasteiger partial charge in [0, 0.05) is 35.5 Å². The van der Waals surface area contributed by atoms with Crippen LogP contribution in [0.3, 0.4) is 0 Å². The molecule has 12 heteroatoms. The van der Waals surface area contributed by atoms with Crippen molar-refractivity contribution in [2.75, 3.05) is 0 Å². The van der Waals surface area contributed by atoms with E-state index in [1.54, 1.807) is 29.1 Å². The Morgan fingerprint density at radius 1 is 1.36 bits per heavy atom. The van der Waals surface area contributed by atoms with Crippen molar-refractivity contribution in [1.29, 1.82) is 0 Å². The fourth-order valence-electron chi connectivity index (χ4n) is 3.15. The summed E-state index contributed by atoms with van der Waals surface area (Å²) in [7, 11) is 0. The number of carbonyl (C=O) groups excluding carboxylic acids is 1. The molecular weight excluding hydrogens is 470 g/mol. The van der Waals surface area contributed by atoms with Crippen molar-refractivity contribution in [2.24, 2.45) is 0 Å². The summed E-state index contributed by atoms with van der Waals surface area (Å²) in [5.74, 6) is 0.609. The van der Waals surface area contributed by atoms with Gasteiger partial charge in [-0.05, 0) is 43.4 Å². The van der Waals surface area contributed by atoms with E-state index in [2.05, 4.69) is 10.4 Å². The lowest BCUT2D eigenvalue weighted by molar-refractivity contribution is -0.385. The van der Waals surface area contributed by atoms with Gasteiger partial charge in [-0.1, -0.05) is 11.6 Å². The molecule has 10 nitrogen and oxygen atoms in total. The van der Waals surface area contributed by atoms with Crippen LogP contribution in [0.5, 0.6) is 5.75 Å². The Morgan fingerprint density at radius 3 is 2.91 bits per heavy atom. The van der Waals surface area contributed by atoms with E-state index >= 15 is 0 Å². The van der Waals surface area contributed by atoms with Crippen molar-refractivity contribution in [2.45, 2.75) is 26.6 Å². The SMILES string of the molecule is CCn1cc(CN2C(=O)/C(=C\c3ccc(COc4ccc(Cl)cc4[N+](=O)[O-])o3)NC2=S)cn1. The molecule has 170 valence electrons. The number of aryl methyl sites for hydroxylation is 1. The molecule has 1 saturated heterocycles. The van der Waals surface area contributed by atoms with Crippen LogP contribution in [0.4, 0.5) is 5.69 Å². The Labute approximate surface area is 198 Å². The topological polar surface area (TPSA) is 116 Å². The van der Waals surface area contributed by atoms with Gasteiger partial charge in [0.1, 0.15) is 23.8 Å². The molecule has 33 heavy (non-hydrogen) atoms. The normalized spacial score (nSPS) is 14.7. The Hall–Kier alpha value is -3.70. The summed E-state index contributed by atoms with van der Waals surface area (Å²) < 4.78 is 13.0. The fourth-order valence-corrected chi connectivity index (χ4v) is 3.58. The van der Waals surface area contributed by atoms with Crippen molar-refractivity contribution < 1.29 is 18.9 Å². The summed E-state index contributed by atoms with van der Waals surface area (Å²) in [5, 5.41) is 18.8. The zero-order valence-corrected chi connectivity index (χ0v) is 18.9. The van der Waals surface area contributed by atoms with Gasteiger partial charge in [0.2, 0.25) is 0 Å². The Balaban J connectivity index is 1.42. The second-order valence-electron chi connectivity index (χ2n) is 7.05. The molecule has 4 rings (SSSR count). The average Bonchev–Trinajstić information content (AvgIpc) is 3.50. The number of nitrogens with one attached hydrogen (secondary N) is 1.